The minimum atomic E-state index is -0.397. The van der Waals surface area contributed by atoms with Crippen LogP contribution in [0.25, 0.3) is 0 Å². The number of carbonyl (C=O) groups is 3. The van der Waals surface area contributed by atoms with Gasteiger partial charge < -0.3 is 4.57 Å². The van der Waals surface area contributed by atoms with Crippen LogP contribution in [0.15, 0.2) is 42.7 Å². The summed E-state index contributed by atoms with van der Waals surface area (Å²) in [5, 5.41) is 0. The Labute approximate surface area is 121 Å². The van der Waals surface area contributed by atoms with Gasteiger partial charge in [0.1, 0.15) is 0 Å². The molecule has 1 aliphatic rings. The Bertz CT molecular complexity index is 745. The van der Waals surface area contributed by atoms with Crippen molar-refractivity contribution in [3.8, 4) is 0 Å². The monoisotopic (exact) mass is 282 g/mol. The van der Waals surface area contributed by atoms with Crippen LogP contribution in [0.3, 0.4) is 0 Å². The van der Waals surface area contributed by atoms with Crippen molar-refractivity contribution in [2.75, 3.05) is 6.54 Å². The van der Waals surface area contributed by atoms with E-state index in [1.807, 2.05) is 7.05 Å². The fourth-order valence-electron chi connectivity index (χ4n) is 2.46. The molecule has 1 aromatic heterocycles. The van der Waals surface area contributed by atoms with Crippen molar-refractivity contribution in [2.24, 2.45) is 7.05 Å². The van der Waals surface area contributed by atoms with Gasteiger partial charge in [-0.05, 0) is 17.7 Å². The van der Waals surface area contributed by atoms with Gasteiger partial charge >= 0.3 is 0 Å². The average Bonchev–Trinajstić information content (AvgIpc) is 2.90. The van der Waals surface area contributed by atoms with E-state index in [2.05, 4.69) is 0 Å². The lowest BCUT2D eigenvalue weighted by molar-refractivity contribution is -0.128. The molecule has 5 nitrogen and oxygen atoms in total. The number of rotatable bonds is 3. The van der Waals surface area contributed by atoms with Crippen LogP contribution in [0.2, 0.25) is 0 Å². The highest BCUT2D eigenvalue weighted by Crippen LogP contribution is 2.20. The molecule has 1 aliphatic heterocycles. The van der Waals surface area contributed by atoms with Gasteiger partial charge in [-0.15, -0.1) is 0 Å². The highest BCUT2D eigenvalue weighted by Gasteiger charge is 2.32. The van der Waals surface area contributed by atoms with Gasteiger partial charge in [0.15, 0.2) is 5.78 Å². The van der Waals surface area contributed by atoms with Crippen molar-refractivity contribution in [1.82, 2.24) is 9.47 Å². The second-order valence-electron chi connectivity index (χ2n) is 5.11. The zero-order chi connectivity index (χ0) is 15.0. The highest BCUT2D eigenvalue weighted by atomic mass is 16.2. The van der Waals surface area contributed by atoms with Gasteiger partial charge in [0.2, 0.25) is 5.91 Å². The van der Waals surface area contributed by atoms with Crippen molar-refractivity contribution < 1.29 is 14.4 Å². The van der Waals surface area contributed by atoms with E-state index in [0.29, 0.717) is 11.1 Å². The molecule has 0 saturated heterocycles. The molecule has 0 bridgehead atoms. The standard InChI is InChI=1S/C16H14N2O3/c1-17-7-6-12(9-17)14(19)10-18-15(20)8-11-4-2-3-5-13(11)16(18)21/h2-7,9H,8,10H2,1H3. The molecule has 0 unspecified atom stereocenters. The van der Waals surface area contributed by atoms with Gasteiger partial charge in [-0.25, -0.2) is 0 Å². The van der Waals surface area contributed by atoms with Crippen molar-refractivity contribution in [2.45, 2.75) is 6.42 Å². The van der Waals surface area contributed by atoms with Gasteiger partial charge in [0.25, 0.3) is 5.91 Å². The first-order valence-electron chi connectivity index (χ1n) is 6.64. The van der Waals surface area contributed by atoms with Crippen LogP contribution < -0.4 is 0 Å². The number of hydrogen-bond donors (Lipinski definition) is 0. The fourth-order valence-corrected chi connectivity index (χ4v) is 2.46. The van der Waals surface area contributed by atoms with Gasteiger partial charge in [-0.3, -0.25) is 19.3 Å². The van der Waals surface area contributed by atoms with Gasteiger partial charge in [-0.1, -0.05) is 18.2 Å². The number of nitrogens with zero attached hydrogens (tertiary/aromatic N) is 2. The Morgan fingerprint density at radius 3 is 2.67 bits per heavy atom. The van der Waals surface area contributed by atoms with Gasteiger partial charge in [0, 0.05) is 30.6 Å². The highest BCUT2D eigenvalue weighted by molar-refractivity contribution is 6.12. The normalized spacial score (nSPS) is 14.2. The minimum absolute atomic E-state index is 0.157. The van der Waals surface area contributed by atoms with E-state index in [1.165, 1.54) is 0 Å². The van der Waals surface area contributed by atoms with Gasteiger partial charge in [-0.2, -0.15) is 0 Å². The Balaban J connectivity index is 1.85. The van der Waals surface area contributed by atoms with Crippen LogP contribution in [0.1, 0.15) is 26.3 Å². The van der Waals surface area contributed by atoms with Crippen molar-refractivity contribution in [1.29, 1.82) is 0 Å². The summed E-state index contributed by atoms with van der Waals surface area (Å²) in [7, 11) is 1.81. The summed E-state index contributed by atoms with van der Waals surface area (Å²) in [5.41, 5.74) is 1.71. The molecule has 0 saturated carbocycles. The molecular formula is C16H14N2O3. The van der Waals surface area contributed by atoms with Crippen LogP contribution in [-0.2, 0) is 18.3 Å². The van der Waals surface area contributed by atoms with Crippen LogP contribution in [-0.4, -0.2) is 33.6 Å². The first-order chi connectivity index (χ1) is 10.1. The average molecular weight is 282 g/mol. The maximum Gasteiger partial charge on any atom is 0.261 e. The number of amides is 2. The van der Waals surface area contributed by atoms with E-state index >= 15 is 0 Å². The van der Waals surface area contributed by atoms with E-state index in [1.54, 1.807) is 47.3 Å². The molecule has 2 amide bonds. The topological polar surface area (TPSA) is 59.4 Å². The maximum atomic E-state index is 12.3. The smallest absolute Gasteiger partial charge is 0.261 e. The third-order valence-electron chi connectivity index (χ3n) is 3.59. The SMILES string of the molecule is Cn1ccc(C(=O)CN2C(=O)Cc3ccccc3C2=O)c1. The number of aryl methyl sites for hydroxylation is 1. The molecule has 0 spiro atoms. The fraction of sp³-hybridized carbons (Fsp3) is 0.188. The third kappa shape index (κ3) is 2.38. The summed E-state index contributed by atoms with van der Waals surface area (Å²) in [6.45, 7) is -0.212. The van der Waals surface area contributed by atoms with Crippen LogP contribution in [0.4, 0.5) is 0 Å². The molecule has 0 aliphatic carbocycles. The number of aromatic nitrogens is 1. The first-order valence-corrected chi connectivity index (χ1v) is 6.64. The zero-order valence-corrected chi connectivity index (χ0v) is 11.6. The lowest BCUT2D eigenvalue weighted by Crippen LogP contribution is -2.45. The second-order valence-corrected chi connectivity index (χ2v) is 5.11. The molecule has 5 heteroatoms. The van der Waals surface area contributed by atoms with Crippen LogP contribution in [0, 0.1) is 0 Å². The predicted octanol–water partition coefficient (Wildman–Crippen LogP) is 1.43. The minimum Gasteiger partial charge on any atom is -0.357 e. The molecule has 0 N–H and O–H groups in total. The molecule has 3 rings (SSSR count). The summed E-state index contributed by atoms with van der Waals surface area (Å²) >= 11 is 0. The summed E-state index contributed by atoms with van der Waals surface area (Å²) in [6, 6.07) is 8.68. The van der Waals surface area contributed by atoms with E-state index in [4.69, 9.17) is 0 Å². The summed E-state index contributed by atoms with van der Waals surface area (Å²) in [5.74, 6) is -0.967. The Morgan fingerprint density at radius 1 is 1.19 bits per heavy atom. The second kappa shape index (κ2) is 5.01. The molecular weight excluding hydrogens is 268 g/mol. The van der Waals surface area contributed by atoms with Gasteiger partial charge in [0.05, 0.1) is 13.0 Å². The van der Waals surface area contributed by atoms with Crippen molar-refractivity contribution in [3.05, 3.63) is 59.4 Å². The largest absolute Gasteiger partial charge is 0.357 e. The predicted molar refractivity (Wildman–Crippen MR) is 75.9 cm³/mol. The number of fused-ring (bicyclic) bond motifs is 1. The van der Waals surface area contributed by atoms with E-state index in [-0.39, 0.29) is 24.7 Å². The zero-order valence-electron chi connectivity index (χ0n) is 11.6. The molecule has 0 fully saturated rings. The molecule has 1 aromatic carbocycles. The molecule has 0 radical (unpaired) electrons. The lowest BCUT2D eigenvalue weighted by Gasteiger charge is -2.26. The first kappa shape index (κ1) is 13.3. The summed E-state index contributed by atoms with van der Waals surface area (Å²) in [4.78, 5) is 37.6. The number of Topliss-reactive ketones (excluding diaryl/α,β-unsaturated/α-hetero) is 1. The van der Waals surface area contributed by atoms with Crippen molar-refractivity contribution in [3.63, 3.8) is 0 Å². The quantitative estimate of drug-likeness (QED) is 0.632. The Kier molecular flexibility index (Phi) is 3.17. The molecule has 106 valence electrons. The number of imide groups is 1. The van der Waals surface area contributed by atoms with E-state index < -0.39 is 5.91 Å². The summed E-state index contributed by atoms with van der Waals surface area (Å²) < 4.78 is 1.75. The van der Waals surface area contributed by atoms with E-state index in [9.17, 15) is 14.4 Å². The summed E-state index contributed by atoms with van der Waals surface area (Å²) in [6.07, 6.45) is 3.58. The molecule has 0 atom stereocenters. The lowest BCUT2D eigenvalue weighted by atomic mass is 9.98. The molecule has 2 aromatic rings. The number of benzene rings is 1. The molecule has 21 heavy (non-hydrogen) atoms. The molecule has 2 heterocycles. The van der Waals surface area contributed by atoms with Crippen LogP contribution >= 0.6 is 0 Å². The van der Waals surface area contributed by atoms with Crippen molar-refractivity contribution >= 4 is 17.6 Å². The number of carbonyl (C=O) groups excluding carboxylic acids is 3. The van der Waals surface area contributed by atoms with Crippen LogP contribution in [0.5, 0.6) is 0 Å². The Morgan fingerprint density at radius 2 is 1.95 bits per heavy atom. The number of hydrogen-bond acceptors (Lipinski definition) is 3. The van der Waals surface area contributed by atoms with E-state index in [0.717, 1.165) is 10.5 Å². The maximum absolute atomic E-state index is 12.3. The third-order valence-corrected chi connectivity index (χ3v) is 3.59. The Hall–Kier alpha value is -2.69. The number of ketones is 1.